The zero-order chi connectivity index (χ0) is 16.0. The van der Waals surface area contributed by atoms with Gasteiger partial charge in [0.05, 0.1) is 5.92 Å². The third kappa shape index (κ3) is 3.16. The van der Waals surface area contributed by atoms with Crippen molar-refractivity contribution in [2.24, 2.45) is 22.7 Å². The Kier molecular flexibility index (Phi) is 3.98. The van der Waals surface area contributed by atoms with Crippen LogP contribution in [0.25, 0.3) is 0 Å². The molecule has 2 saturated carbocycles. The van der Waals surface area contributed by atoms with E-state index in [9.17, 15) is 14.7 Å². The number of aliphatic carboxylic acids is 1. The molecule has 3 N–H and O–H groups in total. The van der Waals surface area contributed by atoms with Crippen molar-refractivity contribution in [3.63, 3.8) is 0 Å². The molecule has 2 rings (SSSR count). The molecule has 4 atom stereocenters. The fourth-order valence-electron chi connectivity index (χ4n) is 3.52. The van der Waals surface area contributed by atoms with Crippen molar-refractivity contribution >= 4 is 12.0 Å². The molecule has 0 aromatic carbocycles. The van der Waals surface area contributed by atoms with Crippen LogP contribution in [-0.2, 0) is 4.79 Å². The summed E-state index contributed by atoms with van der Waals surface area (Å²) >= 11 is 0. The van der Waals surface area contributed by atoms with Crippen LogP contribution in [0.15, 0.2) is 0 Å². The number of carboxylic acid groups (broad SMARTS) is 1. The summed E-state index contributed by atoms with van der Waals surface area (Å²) in [5.41, 5.74) is -0.107. The summed E-state index contributed by atoms with van der Waals surface area (Å²) in [7, 11) is 0. The third-order valence-corrected chi connectivity index (χ3v) is 5.87. The van der Waals surface area contributed by atoms with Crippen LogP contribution in [0.3, 0.4) is 0 Å². The van der Waals surface area contributed by atoms with E-state index < -0.39 is 5.97 Å². The molecule has 0 aromatic rings. The lowest BCUT2D eigenvalue weighted by atomic mass is 9.61. The Morgan fingerprint density at radius 3 is 2.14 bits per heavy atom. The summed E-state index contributed by atoms with van der Waals surface area (Å²) in [4.78, 5) is 23.5. The van der Waals surface area contributed by atoms with Gasteiger partial charge in [-0.2, -0.15) is 0 Å². The Hall–Kier alpha value is -1.26. The van der Waals surface area contributed by atoms with Crippen LogP contribution in [0, 0.1) is 22.7 Å². The minimum Gasteiger partial charge on any atom is -0.481 e. The monoisotopic (exact) mass is 296 g/mol. The van der Waals surface area contributed by atoms with Gasteiger partial charge in [-0.15, -0.1) is 0 Å². The molecule has 5 nitrogen and oxygen atoms in total. The molecule has 2 fully saturated rings. The molecular formula is C16H28N2O3. The van der Waals surface area contributed by atoms with Crippen LogP contribution >= 0.6 is 0 Å². The average molecular weight is 296 g/mol. The van der Waals surface area contributed by atoms with E-state index in [2.05, 4.69) is 24.5 Å². The molecule has 0 aliphatic heterocycles. The van der Waals surface area contributed by atoms with Crippen molar-refractivity contribution in [1.29, 1.82) is 0 Å². The highest BCUT2D eigenvalue weighted by atomic mass is 16.4. The second kappa shape index (κ2) is 5.18. The first kappa shape index (κ1) is 16.1. The molecule has 2 aliphatic rings. The maximum absolute atomic E-state index is 12.1. The number of carbonyl (C=O) groups is 2. The second-order valence-corrected chi connectivity index (χ2v) is 8.05. The van der Waals surface area contributed by atoms with Gasteiger partial charge in [0.1, 0.15) is 0 Å². The zero-order valence-electron chi connectivity index (χ0n) is 13.7. The fraction of sp³-hybridized carbons (Fsp3) is 0.875. The standard InChI is InChI=1S/C16H28N2O3/c1-9-11(7-6-10(13(19)20)16(9,4)5)17-14(21)18-12-8-15(12,2)3/h9-12H,6-8H2,1-5H3,(H,19,20)(H2,17,18,21). The van der Waals surface area contributed by atoms with Crippen LogP contribution in [0.2, 0.25) is 0 Å². The van der Waals surface area contributed by atoms with Gasteiger partial charge < -0.3 is 15.7 Å². The van der Waals surface area contributed by atoms with Crippen LogP contribution in [-0.4, -0.2) is 29.2 Å². The number of carbonyl (C=O) groups excluding carboxylic acids is 1. The topological polar surface area (TPSA) is 78.4 Å². The van der Waals surface area contributed by atoms with Gasteiger partial charge in [0.15, 0.2) is 0 Å². The first-order valence-electron chi connectivity index (χ1n) is 7.85. The van der Waals surface area contributed by atoms with Crippen LogP contribution in [0.5, 0.6) is 0 Å². The van der Waals surface area contributed by atoms with E-state index in [1.807, 2.05) is 20.8 Å². The summed E-state index contributed by atoms with van der Waals surface area (Å²) < 4.78 is 0. The molecule has 0 radical (unpaired) electrons. The van der Waals surface area contributed by atoms with Gasteiger partial charge in [-0.1, -0.05) is 34.6 Å². The highest BCUT2D eigenvalue weighted by molar-refractivity contribution is 5.75. The first-order chi connectivity index (χ1) is 9.55. The van der Waals surface area contributed by atoms with Gasteiger partial charge in [-0.25, -0.2) is 4.79 Å². The molecule has 0 heterocycles. The number of nitrogens with one attached hydrogen (secondary N) is 2. The van der Waals surface area contributed by atoms with Gasteiger partial charge in [0, 0.05) is 12.1 Å². The minimum absolute atomic E-state index is 0.0393. The normalized spacial score (nSPS) is 36.6. The smallest absolute Gasteiger partial charge is 0.315 e. The van der Waals surface area contributed by atoms with Crippen molar-refractivity contribution in [2.75, 3.05) is 0 Å². The highest BCUT2D eigenvalue weighted by Gasteiger charge is 2.48. The van der Waals surface area contributed by atoms with E-state index in [4.69, 9.17) is 0 Å². The number of hydrogen-bond acceptors (Lipinski definition) is 2. The van der Waals surface area contributed by atoms with Crippen molar-refractivity contribution in [1.82, 2.24) is 10.6 Å². The summed E-state index contributed by atoms with van der Waals surface area (Å²) in [6.45, 7) is 10.3. The molecule has 5 heteroatoms. The SMILES string of the molecule is CC1C(NC(=O)NC2CC2(C)C)CCC(C(=O)O)C1(C)C. The molecule has 4 unspecified atom stereocenters. The Bertz CT molecular complexity index is 445. The van der Waals surface area contributed by atoms with Gasteiger partial charge >= 0.3 is 12.0 Å². The number of urea groups is 1. The Labute approximate surface area is 126 Å². The maximum Gasteiger partial charge on any atom is 0.315 e. The van der Waals surface area contributed by atoms with Gasteiger partial charge in [0.25, 0.3) is 0 Å². The molecule has 21 heavy (non-hydrogen) atoms. The molecule has 0 aromatic heterocycles. The Balaban J connectivity index is 1.93. The summed E-state index contributed by atoms with van der Waals surface area (Å²) in [5.74, 6) is -0.934. The number of amides is 2. The maximum atomic E-state index is 12.1. The molecular weight excluding hydrogens is 268 g/mol. The lowest BCUT2D eigenvalue weighted by Crippen LogP contribution is -2.54. The van der Waals surface area contributed by atoms with Crippen LogP contribution in [0.4, 0.5) is 4.79 Å². The van der Waals surface area contributed by atoms with E-state index in [-0.39, 0.29) is 40.8 Å². The summed E-state index contributed by atoms with van der Waals surface area (Å²) in [6.07, 6.45) is 2.36. The highest BCUT2D eigenvalue weighted by Crippen LogP contribution is 2.46. The van der Waals surface area contributed by atoms with Crippen molar-refractivity contribution in [3.05, 3.63) is 0 Å². The molecule has 0 spiro atoms. The minimum atomic E-state index is -0.727. The van der Waals surface area contributed by atoms with Gasteiger partial charge in [0.2, 0.25) is 0 Å². The number of carboxylic acids is 1. The van der Waals surface area contributed by atoms with E-state index >= 15 is 0 Å². The lowest BCUT2D eigenvalue weighted by molar-refractivity contribution is -0.150. The van der Waals surface area contributed by atoms with Gasteiger partial charge in [-0.3, -0.25) is 4.79 Å². The molecule has 2 amide bonds. The average Bonchev–Trinajstić information content (AvgIpc) is 2.91. The summed E-state index contributed by atoms with van der Waals surface area (Å²) in [5, 5.41) is 15.4. The molecule has 120 valence electrons. The predicted molar refractivity (Wildman–Crippen MR) is 80.9 cm³/mol. The summed E-state index contributed by atoms with van der Waals surface area (Å²) in [6, 6.07) is 0.181. The van der Waals surface area contributed by atoms with E-state index in [1.54, 1.807) is 0 Å². The van der Waals surface area contributed by atoms with Crippen LogP contribution in [0.1, 0.15) is 53.9 Å². The predicted octanol–water partition coefficient (Wildman–Crippen LogP) is 2.61. The first-order valence-corrected chi connectivity index (χ1v) is 7.85. The molecule has 0 saturated heterocycles. The van der Waals surface area contributed by atoms with Crippen molar-refractivity contribution < 1.29 is 14.7 Å². The van der Waals surface area contributed by atoms with Crippen molar-refractivity contribution in [2.45, 2.75) is 66.0 Å². The quantitative estimate of drug-likeness (QED) is 0.749. The Morgan fingerprint density at radius 2 is 1.67 bits per heavy atom. The van der Waals surface area contributed by atoms with Crippen LogP contribution < -0.4 is 10.6 Å². The third-order valence-electron chi connectivity index (χ3n) is 5.87. The van der Waals surface area contributed by atoms with Crippen molar-refractivity contribution in [3.8, 4) is 0 Å². The van der Waals surface area contributed by atoms with Gasteiger partial charge in [-0.05, 0) is 36.0 Å². The van der Waals surface area contributed by atoms with E-state index in [1.165, 1.54) is 0 Å². The zero-order valence-corrected chi connectivity index (χ0v) is 13.7. The largest absolute Gasteiger partial charge is 0.481 e. The molecule has 2 aliphatic carbocycles. The van der Waals surface area contributed by atoms with E-state index in [0.29, 0.717) is 6.42 Å². The molecule has 0 bridgehead atoms. The second-order valence-electron chi connectivity index (χ2n) is 8.05. The Morgan fingerprint density at radius 1 is 1.10 bits per heavy atom. The number of hydrogen-bond donors (Lipinski definition) is 3. The van der Waals surface area contributed by atoms with E-state index in [0.717, 1.165) is 12.8 Å². The fourth-order valence-corrected chi connectivity index (χ4v) is 3.52. The number of rotatable bonds is 3. The lowest BCUT2D eigenvalue weighted by Gasteiger charge is -2.46.